The number of piperazine rings is 1. The van der Waals surface area contributed by atoms with Gasteiger partial charge in [-0.05, 0) is 50.1 Å². The van der Waals surface area contributed by atoms with Gasteiger partial charge in [0.05, 0.1) is 17.0 Å². The summed E-state index contributed by atoms with van der Waals surface area (Å²) in [6.45, 7) is 6.81. The van der Waals surface area contributed by atoms with Gasteiger partial charge in [0, 0.05) is 56.5 Å². The molecular formula is C26H30ClN5O2. The molecule has 178 valence electrons. The fourth-order valence-corrected chi connectivity index (χ4v) is 5.37. The predicted octanol–water partition coefficient (Wildman–Crippen LogP) is 3.64. The zero-order valence-corrected chi connectivity index (χ0v) is 20.2. The summed E-state index contributed by atoms with van der Waals surface area (Å²) in [5.74, 6) is 0.532. The maximum Gasteiger partial charge on any atom is 0.293 e. The van der Waals surface area contributed by atoms with Gasteiger partial charge >= 0.3 is 0 Å². The molecule has 3 aromatic rings. The number of halogens is 1. The number of anilines is 2. The number of aromatic nitrogens is 2. The molecule has 7 nitrogen and oxygen atoms in total. The van der Waals surface area contributed by atoms with Crippen molar-refractivity contribution in [2.45, 2.75) is 26.3 Å². The number of piperidine rings is 1. The molecule has 2 aliphatic rings. The van der Waals surface area contributed by atoms with Crippen molar-refractivity contribution in [2.24, 2.45) is 5.92 Å². The normalized spacial score (nSPS) is 19.0. The number of carbonyl (C=O) groups excluding carboxylic acids is 1. The van der Waals surface area contributed by atoms with Crippen LogP contribution in [0.1, 0.15) is 19.8 Å². The third-order valence-corrected chi connectivity index (χ3v) is 7.22. The van der Waals surface area contributed by atoms with Gasteiger partial charge in [0.2, 0.25) is 5.91 Å². The van der Waals surface area contributed by atoms with Crippen LogP contribution < -0.4 is 15.4 Å². The number of nitrogens with zero attached hydrogens (tertiary/aromatic N) is 5. The van der Waals surface area contributed by atoms with Crippen molar-refractivity contribution in [3.63, 3.8) is 0 Å². The van der Waals surface area contributed by atoms with E-state index >= 15 is 0 Å². The molecule has 3 heterocycles. The Kier molecular flexibility index (Phi) is 6.46. The van der Waals surface area contributed by atoms with Crippen molar-refractivity contribution in [1.29, 1.82) is 0 Å². The van der Waals surface area contributed by atoms with Crippen LogP contribution in [0.2, 0.25) is 5.02 Å². The minimum absolute atomic E-state index is 0.0792. The molecule has 2 fully saturated rings. The van der Waals surface area contributed by atoms with Gasteiger partial charge in [0.15, 0.2) is 5.82 Å². The molecule has 0 saturated carbocycles. The molecule has 8 heteroatoms. The van der Waals surface area contributed by atoms with Crippen LogP contribution in [0.15, 0.2) is 53.3 Å². The average molecular weight is 480 g/mol. The summed E-state index contributed by atoms with van der Waals surface area (Å²) in [4.78, 5) is 37.6. The zero-order valence-electron chi connectivity index (χ0n) is 19.5. The standard InChI is InChI=1S/C26H30ClN5O2/c1-2-32-23-11-4-3-10-22(23)28-24(26(32)34)31-12-6-7-19(18-31)25(33)30-15-13-29(14-16-30)21-9-5-8-20(27)17-21/h3-5,8-11,17,19H,2,6-7,12-16,18H2,1H3. The largest absolute Gasteiger partial charge is 0.368 e. The van der Waals surface area contributed by atoms with E-state index in [-0.39, 0.29) is 17.4 Å². The van der Waals surface area contributed by atoms with Gasteiger partial charge in [-0.25, -0.2) is 4.98 Å². The molecule has 34 heavy (non-hydrogen) atoms. The summed E-state index contributed by atoms with van der Waals surface area (Å²) in [6, 6.07) is 15.6. The molecule has 1 atom stereocenters. The van der Waals surface area contributed by atoms with Crippen LogP contribution in [-0.2, 0) is 11.3 Å². The van der Waals surface area contributed by atoms with Crippen molar-refractivity contribution in [3.05, 3.63) is 63.9 Å². The second kappa shape index (κ2) is 9.66. The first kappa shape index (κ1) is 22.7. The lowest BCUT2D eigenvalue weighted by Gasteiger charge is -2.40. The highest BCUT2D eigenvalue weighted by molar-refractivity contribution is 6.30. The Hall–Kier alpha value is -3.06. The van der Waals surface area contributed by atoms with Gasteiger partial charge in [-0.15, -0.1) is 0 Å². The molecule has 1 unspecified atom stereocenters. The van der Waals surface area contributed by atoms with E-state index in [1.54, 1.807) is 4.57 Å². The Labute approximate surface area is 204 Å². The number of amides is 1. The molecule has 0 bridgehead atoms. The van der Waals surface area contributed by atoms with Crippen LogP contribution in [0.25, 0.3) is 11.0 Å². The number of benzene rings is 2. The Balaban J connectivity index is 1.29. The SMILES string of the molecule is CCn1c(=O)c(N2CCCC(C(=O)N3CCN(c4cccc(Cl)c4)CC3)C2)nc2ccccc21. The van der Waals surface area contributed by atoms with E-state index < -0.39 is 0 Å². The Morgan fingerprint density at radius 3 is 2.59 bits per heavy atom. The van der Waals surface area contributed by atoms with Crippen LogP contribution in [0.4, 0.5) is 11.5 Å². The van der Waals surface area contributed by atoms with E-state index in [9.17, 15) is 9.59 Å². The first-order valence-electron chi connectivity index (χ1n) is 12.1. The summed E-state index contributed by atoms with van der Waals surface area (Å²) in [5.41, 5.74) is 2.67. The van der Waals surface area contributed by atoms with Gasteiger partial charge in [-0.3, -0.25) is 9.59 Å². The zero-order chi connectivity index (χ0) is 23.7. The third-order valence-electron chi connectivity index (χ3n) is 6.99. The third kappa shape index (κ3) is 4.37. The van der Waals surface area contributed by atoms with E-state index in [4.69, 9.17) is 16.6 Å². The topological polar surface area (TPSA) is 61.7 Å². The van der Waals surface area contributed by atoms with Crippen LogP contribution in [0, 0.1) is 5.92 Å². The lowest BCUT2D eigenvalue weighted by molar-refractivity contribution is -0.136. The molecule has 5 rings (SSSR count). The molecular weight excluding hydrogens is 450 g/mol. The van der Waals surface area contributed by atoms with E-state index in [2.05, 4.69) is 11.0 Å². The van der Waals surface area contributed by atoms with Crippen LogP contribution in [0.5, 0.6) is 0 Å². The predicted molar refractivity (Wildman–Crippen MR) is 137 cm³/mol. The van der Waals surface area contributed by atoms with Crippen molar-refractivity contribution >= 4 is 40.0 Å². The highest BCUT2D eigenvalue weighted by atomic mass is 35.5. The van der Waals surface area contributed by atoms with Gasteiger partial charge in [0.25, 0.3) is 5.56 Å². The summed E-state index contributed by atoms with van der Waals surface area (Å²) in [6.07, 6.45) is 1.72. The van der Waals surface area contributed by atoms with E-state index in [0.29, 0.717) is 32.0 Å². The second-order valence-corrected chi connectivity index (χ2v) is 9.49. The van der Waals surface area contributed by atoms with Crippen molar-refractivity contribution in [1.82, 2.24) is 14.5 Å². The van der Waals surface area contributed by atoms with Gasteiger partial charge < -0.3 is 19.3 Å². The second-order valence-electron chi connectivity index (χ2n) is 9.05. The van der Waals surface area contributed by atoms with Crippen LogP contribution in [0.3, 0.4) is 0 Å². The van der Waals surface area contributed by atoms with Crippen molar-refractivity contribution in [2.75, 3.05) is 49.1 Å². The van der Waals surface area contributed by atoms with Gasteiger partial charge in [-0.2, -0.15) is 0 Å². The molecule has 2 aliphatic heterocycles. The summed E-state index contributed by atoms with van der Waals surface area (Å²) in [5, 5.41) is 0.725. The fourth-order valence-electron chi connectivity index (χ4n) is 5.19. The lowest BCUT2D eigenvalue weighted by atomic mass is 9.96. The Bertz CT molecular complexity index is 1250. The fraction of sp³-hybridized carbons (Fsp3) is 0.423. The first-order chi connectivity index (χ1) is 16.5. The number of hydrogen-bond donors (Lipinski definition) is 0. The molecule has 0 spiro atoms. The highest BCUT2D eigenvalue weighted by Crippen LogP contribution is 2.25. The minimum atomic E-state index is -0.116. The smallest absolute Gasteiger partial charge is 0.293 e. The summed E-state index contributed by atoms with van der Waals surface area (Å²) < 4.78 is 1.78. The van der Waals surface area contributed by atoms with Gasteiger partial charge in [-0.1, -0.05) is 29.8 Å². The monoisotopic (exact) mass is 479 g/mol. The van der Waals surface area contributed by atoms with E-state index in [1.165, 1.54) is 0 Å². The molecule has 1 amide bonds. The number of para-hydroxylation sites is 2. The maximum atomic E-state index is 13.4. The summed E-state index contributed by atoms with van der Waals surface area (Å²) in [7, 11) is 0. The van der Waals surface area contributed by atoms with E-state index in [1.807, 2.05) is 59.2 Å². The quantitative estimate of drug-likeness (QED) is 0.571. The van der Waals surface area contributed by atoms with Crippen molar-refractivity contribution < 1.29 is 4.79 Å². The maximum absolute atomic E-state index is 13.4. The number of hydrogen-bond acceptors (Lipinski definition) is 5. The van der Waals surface area contributed by atoms with Crippen LogP contribution >= 0.6 is 11.6 Å². The number of fused-ring (bicyclic) bond motifs is 1. The Morgan fingerprint density at radius 2 is 1.82 bits per heavy atom. The van der Waals surface area contributed by atoms with Crippen molar-refractivity contribution in [3.8, 4) is 0 Å². The Morgan fingerprint density at radius 1 is 1.03 bits per heavy atom. The van der Waals surface area contributed by atoms with E-state index in [0.717, 1.165) is 54.2 Å². The van der Waals surface area contributed by atoms with Crippen LogP contribution in [-0.4, -0.2) is 59.6 Å². The minimum Gasteiger partial charge on any atom is -0.368 e. The number of aryl methyl sites for hydroxylation is 1. The average Bonchev–Trinajstić information content (AvgIpc) is 2.88. The van der Waals surface area contributed by atoms with Gasteiger partial charge in [0.1, 0.15) is 0 Å². The molecule has 2 aromatic carbocycles. The molecule has 0 aliphatic carbocycles. The highest BCUT2D eigenvalue weighted by Gasteiger charge is 2.32. The number of rotatable bonds is 4. The molecule has 1 aromatic heterocycles. The first-order valence-corrected chi connectivity index (χ1v) is 12.5. The molecule has 2 saturated heterocycles. The molecule has 0 N–H and O–H groups in total. The lowest BCUT2D eigenvalue weighted by Crippen LogP contribution is -2.53. The molecule has 0 radical (unpaired) electrons. The summed E-state index contributed by atoms with van der Waals surface area (Å²) >= 11 is 6.15. The number of carbonyl (C=O) groups is 1.